The van der Waals surface area contributed by atoms with E-state index in [0.29, 0.717) is 22.5 Å². The molecule has 4 N–H and O–H groups in total. The predicted octanol–water partition coefficient (Wildman–Crippen LogP) is 3.06. The summed E-state index contributed by atoms with van der Waals surface area (Å²) in [5.74, 6) is -0.536. The molecule has 0 saturated carbocycles. The maximum atomic E-state index is 13.3. The van der Waals surface area contributed by atoms with Crippen molar-refractivity contribution in [2.45, 2.75) is 12.2 Å². The summed E-state index contributed by atoms with van der Waals surface area (Å²) in [6.45, 7) is 4.00. The molecule has 8 heteroatoms. The van der Waals surface area contributed by atoms with Crippen molar-refractivity contribution in [3.05, 3.63) is 83.5 Å². The van der Waals surface area contributed by atoms with Crippen LogP contribution >= 0.6 is 11.6 Å². The number of nitrogens with zero attached hydrogens (tertiary/aromatic N) is 1. The van der Waals surface area contributed by atoms with Crippen molar-refractivity contribution in [3.63, 3.8) is 0 Å². The number of nitrogens with one attached hydrogen (secondary N) is 2. The summed E-state index contributed by atoms with van der Waals surface area (Å²) in [5.41, 5.74) is 1.99. The third-order valence-electron chi connectivity index (χ3n) is 5.06. The van der Waals surface area contributed by atoms with E-state index in [2.05, 4.69) is 22.2 Å². The molecule has 0 radical (unpaired) electrons. The highest BCUT2D eigenvalue weighted by Crippen LogP contribution is 2.36. The number of carbonyl (C=O) groups is 2. The molecule has 7 nitrogen and oxygen atoms in total. The number of carbonyl (C=O) groups excluding carboxylic acids is 2. The van der Waals surface area contributed by atoms with E-state index in [4.69, 9.17) is 11.6 Å². The number of aliphatic hydroxyl groups excluding tert-OH is 2. The number of benzene rings is 2. The van der Waals surface area contributed by atoms with Gasteiger partial charge in [-0.15, -0.1) is 11.6 Å². The fourth-order valence-electron chi connectivity index (χ4n) is 3.46. The van der Waals surface area contributed by atoms with Gasteiger partial charge in [0.05, 0.1) is 35.8 Å². The number of alkyl halides is 1. The van der Waals surface area contributed by atoms with Crippen LogP contribution in [0.25, 0.3) is 0 Å². The molecule has 33 heavy (non-hydrogen) atoms. The lowest BCUT2D eigenvalue weighted by Crippen LogP contribution is -2.28. The lowest BCUT2D eigenvalue weighted by Gasteiger charge is -2.24. The second-order valence-corrected chi connectivity index (χ2v) is 7.78. The molecule has 0 spiro atoms. The van der Waals surface area contributed by atoms with E-state index < -0.39 is 12.2 Å². The molecule has 1 aliphatic rings. The van der Waals surface area contributed by atoms with Crippen molar-refractivity contribution in [1.82, 2.24) is 0 Å². The smallest absolute Gasteiger partial charge is 0.196 e. The van der Waals surface area contributed by atoms with Crippen LogP contribution in [-0.4, -0.2) is 65.7 Å². The number of ketones is 2. The van der Waals surface area contributed by atoms with Crippen molar-refractivity contribution < 1.29 is 19.8 Å². The Bertz CT molecular complexity index is 1100. The lowest BCUT2D eigenvalue weighted by atomic mass is 9.82. The van der Waals surface area contributed by atoms with E-state index in [0.717, 1.165) is 0 Å². The number of aliphatic imine (C=N–C) groups is 1. The Labute approximate surface area is 197 Å². The minimum absolute atomic E-state index is 0.0360. The standard InChI is InChI=1S/C25H26ClN3O4/c1-2-3-6-11-27-13-17(31)15-29-21-10-9-20(28-14-16(30)12-26)22-23(21)25(33)19-8-5-4-7-18(19)24(22)32/h2-11,16-17,28-31H,1,12-15H2/b6-3-,27-11?. The van der Waals surface area contributed by atoms with E-state index in [1.54, 1.807) is 60.8 Å². The Morgan fingerprint density at radius 2 is 1.45 bits per heavy atom. The van der Waals surface area contributed by atoms with Gasteiger partial charge < -0.3 is 20.8 Å². The first-order valence-electron chi connectivity index (χ1n) is 10.5. The van der Waals surface area contributed by atoms with Crippen LogP contribution in [0.4, 0.5) is 11.4 Å². The van der Waals surface area contributed by atoms with Gasteiger partial charge in [0.1, 0.15) is 0 Å². The van der Waals surface area contributed by atoms with Gasteiger partial charge in [-0.1, -0.05) is 43.0 Å². The van der Waals surface area contributed by atoms with Gasteiger partial charge in [-0.25, -0.2) is 0 Å². The van der Waals surface area contributed by atoms with Crippen LogP contribution in [0.3, 0.4) is 0 Å². The van der Waals surface area contributed by atoms with Gasteiger partial charge in [0, 0.05) is 41.8 Å². The molecule has 0 bridgehead atoms. The number of halogens is 1. The zero-order chi connectivity index (χ0) is 23.8. The lowest BCUT2D eigenvalue weighted by molar-refractivity contribution is 0.0980. The topological polar surface area (TPSA) is 111 Å². The molecular formula is C25H26ClN3O4. The zero-order valence-corrected chi connectivity index (χ0v) is 18.8. The summed E-state index contributed by atoms with van der Waals surface area (Å²) >= 11 is 5.67. The molecule has 2 aromatic rings. The molecule has 2 aromatic carbocycles. The van der Waals surface area contributed by atoms with Crippen molar-refractivity contribution in [2.75, 3.05) is 36.1 Å². The monoisotopic (exact) mass is 467 g/mol. The number of hydrogen-bond donors (Lipinski definition) is 4. The fourth-order valence-corrected chi connectivity index (χ4v) is 3.57. The number of aliphatic hydroxyl groups is 2. The van der Waals surface area contributed by atoms with E-state index in [1.807, 2.05) is 0 Å². The maximum Gasteiger partial charge on any atom is 0.196 e. The highest BCUT2D eigenvalue weighted by molar-refractivity contribution is 6.31. The second-order valence-electron chi connectivity index (χ2n) is 7.47. The van der Waals surface area contributed by atoms with Gasteiger partial charge in [0.25, 0.3) is 0 Å². The van der Waals surface area contributed by atoms with E-state index in [1.165, 1.54) is 0 Å². The van der Waals surface area contributed by atoms with Gasteiger partial charge in [0.15, 0.2) is 11.6 Å². The Hall–Kier alpha value is -3.26. The molecule has 0 heterocycles. The minimum atomic E-state index is -0.807. The Balaban J connectivity index is 1.89. The van der Waals surface area contributed by atoms with Crippen LogP contribution in [0.2, 0.25) is 0 Å². The van der Waals surface area contributed by atoms with Gasteiger partial charge in [0.2, 0.25) is 0 Å². The molecule has 0 fully saturated rings. The van der Waals surface area contributed by atoms with Crippen LogP contribution in [0, 0.1) is 0 Å². The average molecular weight is 468 g/mol. The van der Waals surface area contributed by atoms with E-state index in [-0.39, 0.29) is 48.2 Å². The quantitative estimate of drug-likeness (QED) is 0.196. The molecule has 1 aliphatic carbocycles. The summed E-state index contributed by atoms with van der Waals surface area (Å²) in [5, 5.41) is 26.2. The third-order valence-corrected chi connectivity index (χ3v) is 5.42. The Kier molecular flexibility index (Phi) is 8.54. The molecule has 2 atom stereocenters. The molecule has 0 aromatic heterocycles. The number of anilines is 2. The number of allylic oxidation sites excluding steroid dienone is 3. The predicted molar refractivity (Wildman–Crippen MR) is 132 cm³/mol. The van der Waals surface area contributed by atoms with Crippen LogP contribution in [0.1, 0.15) is 31.8 Å². The largest absolute Gasteiger partial charge is 0.390 e. The Morgan fingerprint density at radius 1 is 0.909 bits per heavy atom. The van der Waals surface area contributed by atoms with E-state index >= 15 is 0 Å². The van der Waals surface area contributed by atoms with Crippen LogP contribution in [0.5, 0.6) is 0 Å². The summed E-state index contributed by atoms with van der Waals surface area (Å²) in [7, 11) is 0. The SMILES string of the molecule is C=C/C=C\C=NCC(O)CNc1ccc(NCC(O)CCl)c2c1C(=O)c1ccccc1C2=O. The first kappa shape index (κ1) is 24.4. The van der Waals surface area contributed by atoms with Crippen molar-refractivity contribution in [1.29, 1.82) is 0 Å². The minimum Gasteiger partial charge on any atom is -0.390 e. The number of fused-ring (bicyclic) bond motifs is 2. The van der Waals surface area contributed by atoms with Gasteiger partial charge in [-0.3, -0.25) is 14.6 Å². The van der Waals surface area contributed by atoms with Gasteiger partial charge >= 0.3 is 0 Å². The van der Waals surface area contributed by atoms with Gasteiger partial charge in [-0.05, 0) is 18.2 Å². The average Bonchev–Trinajstić information content (AvgIpc) is 2.84. The van der Waals surface area contributed by atoms with Gasteiger partial charge in [-0.2, -0.15) is 0 Å². The van der Waals surface area contributed by atoms with Crippen LogP contribution < -0.4 is 10.6 Å². The molecule has 172 valence electrons. The van der Waals surface area contributed by atoms with Crippen molar-refractivity contribution >= 4 is 40.8 Å². The number of rotatable bonds is 11. The summed E-state index contributed by atoms with van der Waals surface area (Å²) in [6, 6.07) is 10.0. The van der Waals surface area contributed by atoms with Crippen molar-refractivity contribution in [3.8, 4) is 0 Å². The van der Waals surface area contributed by atoms with E-state index in [9.17, 15) is 19.8 Å². The van der Waals surface area contributed by atoms with Crippen molar-refractivity contribution in [2.24, 2.45) is 4.99 Å². The molecule has 0 amide bonds. The maximum absolute atomic E-state index is 13.3. The molecule has 2 unspecified atom stereocenters. The summed E-state index contributed by atoms with van der Waals surface area (Å²) in [6.07, 6.45) is 5.02. The highest BCUT2D eigenvalue weighted by Gasteiger charge is 2.34. The van der Waals surface area contributed by atoms with Crippen LogP contribution in [-0.2, 0) is 0 Å². The molecule has 0 saturated heterocycles. The molecule has 0 aliphatic heterocycles. The first-order valence-corrected chi connectivity index (χ1v) is 11.0. The first-order chi connectivity index (χ1) is 16.0. The molecule has 3 rings (SSSR count). The second kappa shape index (κ2) is 11.6. The summed E-state index contributed by atoms with van der Waals surface area (Å²) < 4.78 is 0. The highest BCUT2D eigenvalue weighted by atomic mass is 35.5. The summed E-state index contributed by atoms with van der Waals surface area (Å²) in [4.78, 5) is 30.8. The Morgan fingerprint density at radius 3 is 1.97 bits per heavy atom. The fraction of sp³-hybridized carbons (Fsp3) is 0.240. The number of hydrogen-bond acceptors (Lipinski definition) is 7. The van der Waals surface area contributed by atoms with Crippen LogP contribution in [0.15, 0.2) is 66.2 Å². The normalized spacial score (nSPS) is 14.8. The zero-order valence-electron chi connectivity index (χ0n) is 18.0. The third kappa shape index (κ3) is 5.76. The molecular weight excluding hydrogens is 442 g/mol.